The standard InChI is InChI=1S/C26H32N4O3/c1-5-30-25(31)23(19-6-12-22(13-7-19)33-18(2)3)24(26(30)32)27-20-8-10-21(11-9-20)29-16-14-28(4)15-17-29/h6-13,18,27H,5,14-17H2,1-4H3. The number of benzene rings is 2. The number of carbonyl (C=O) groups excluding carboxylic acids is 2. The van der Waals surface area contributed by atoms with Crippen LogP contribution < -0.4 is 15.0 Å². The van der Waals surface area contributed by atoms with E-state index in [0.717, 1.165) is 43.3 Å². The average molecular weight is 449 g/mol. The first-order valence-corrected chi connectivity index (χ1v) is 11.6. The highest BCUT2D eigenvalue weighted by molar-refractivity contribution is 6.36. The third-order valence-corrected chi connectivity index (χ3v) is 6.00. The number of amides is 2. The largest absolute Gasteiger partial charge is 0.491 e. The third-order valence-electron chi connectivity index (χ3n) is 6.00. The second kappa shape index (κ2) is 9.67. The first kappa shape index (κ1) is 22.9. The summed E-state index contributed by atoms with van der Waals surface area (Å²) in [5, 5.41) is 3.23. The van der Waals surface area contributed by atoms with E-state index in [1.807, 2.05) is 50.2 Å². The molecule has 0 aromatic heterocycles. The normalized spacial score (nSPS) is 17.4. The van der Waals surface area contributed by atoms with Gasteiger partial charge in [-0.3, -0.25) is 14.5 Å². The fourth-order valence-corrected chi connectivity index (χ4v) is 4.18. The van der Waals surface area contributed by atoms with Gasteiger partial charge < -0.3 is 19.9 Å². The third kappa shape index (κ3) is 4.88. The van der Waals surface area contributed by atoms with Gasteiger partial charge in [0.1, 0.15) is 11.4 Å². The minimum absolute atomic E-state index is 0.0615. The fourth-order valence-electron chi connectivity index (χ4n) is 4.18. The summed E-state index contributed by atoms with van der Waals surface area (Å²) in [5.74, 6) is 0.146. The number of ether oxygens (including phenoxy) is 1. The molecule has 0 saturated carbocycles. The molecule has 4 rings (SSSR count). The van der Waals surface area contributed by atoms with E-state index in [4.69, 9.17) is 4.74 Å². The minimum Gasteiger partial charge on any atom is -0.491 e. The Bertz CT molecular complexity index is 1040. The first-order valence-electron chi connectivity index (χ1n) is 11.6. The summed E-state index contributed by atoms with van der Waals surface area (Å²) in [5.41, 5.74) is 3.33. The quantitative estimate of drug-likeness (QED) is 0.655. The molecule has 7 heteroatoms. The van der Waals surface area contributed by atoms with Crippen LogP contribution in [0.1, 0.15) is 26.3 Å². The van der Waals surface area contributed by atoms with E-state index in [2.05, 4.69) is 34.3 Å². The van der Waals surface area contributed by atoms with E-state index >= 15 is 0 Å². The molecular weight excluding hydrogens is 416 g/mol. The highest BCUT2D eigenvalue weighted by atomic mass is 16.5. The van der Waals surface area contributed by atoms with Gasteiger partial charge >= 0.3 is 0 Å². The van der Waals surface area contributed by atoms with Gasteiger partial charge in [0.15, 0.2) is 0 Å². The van der Waals surface area contributed by atoms with E-state index < -0.39 is 0 Å². The number of imide groups is 1. The van der Waals surface area contributed by atoms with Gasteiger partial charge in [0.05, 0.1) is 11.7 Å². The summed E-state index contributed by atoms with van der Waals surface area (Å²) in [7, 11) is 2.14. The fraction of sp³-hybridized carbons (Fsp3) is 0.385. The number of hydrogen-bond donors (Lipinski definition) is 1. The van der Waals surface area contributed by atoms with E-state index in [9.17, 15) is 9.59 Å². The van der Waals surface area contributed by atoms with E-state index in [0.29, 0.717) is 23.4 Å². The van der Waals surface area contributed by atoms with Crippen LogP contribution in [0.4, 0.5) is 11.4 Å². The Morgan fingerprint density at radius 2 is 1.55 bits per heavy atom. The Labute approximate surface area is 195 Å². The lowest BCUT2D eigenvalue weighted by Crippen LogP contribution is -2.44. The van der Waals surface area contributed by atoms with Gasteiger partial charge in [0.25, 0.3) is 11.8 Å². The molecule has 1 saturated heterocycles. The highest BCUT2D eigenvalue weighted by Gasteiger charge is 2.38. The number of carbonyl (C=O) groups is 2. The lowest BCUT2D eigenvalue weighted by molar-refractivity contribution is -0.136. The molecule has 2 aliphatic rings. The van der Waals surface area contributed by atoms with Crippen molar-refractivity contribution < 1.29 is 14.3 Å². The molecule has 1 fully saturated rings. The minimum atomic E-state index is -0.303. The Balaban J connectivity index is 1.59. The molecule has 0 unspecified atom stereocenters. The highest BCUT2D eigenvalue weighted by Crippen LogP contribution is 2.32. The number of nitrogens with one attached hydrogen (secondary N) is 1. The van der Waals surface area contributed by atoms with Gasteiger partial charge in [-0.05, 0) is 69.8 Å². The molecule has 2 heterocycles. The number of hydrogen-bond acceptors (Lipinski definition) is 6. The Morgan fingerprint density at radius 1 is 0.909 bits per heavy atom. The van der Waals surface area contributed by atoms with Crippen molar-refractivity contribution >= 4 is 28.8 Å². The lowest BCUT2D eigenvalue weighted by atomic mass is 10.0. The second-order valence-corrected chi connectivity index (χ2v) is 8.76. The van der Waals surface area contributed by atoms with Crippen LogP contribution in [0, 0.1) is 0 Å². The Kier molecular flexibility index (Phi) is 6.70. The molecule has 0 radical (unpaired) electrons. The zero-order chi connectivity index (χ0) is 23.5. The van der Waals surface area contributed by atoms with Crippen LogP contribution in [0.25, 0.3) is 5.57 Å². The van der Waals surface area contributed by atoms with Crippen molar-refractivity contribution in [1.82, 2.24) is 9.80 Å². The van der Waals surface area contributed by atoms with Crippen LogP contribution in [-0.4, -0.2) is 67.5 Å². The molecule has 2 aromatic rings. The molecule has 2 aliphatic heterocycles. The van der Waals surface area contributed by atoms with Crippen molar-refractivity contribution in [3.05, 3.63) is 59.8 Å². The van der Waals surface area contributed by atoms with Crippen LogP contribution in [0.15, 0.2) is 54.2 Å². The summed E-state index contributed by atoms with van der Waals surface area (Å²) in [6.45, 7) is 10.1. The van der Waals surface area contributed by atoms with Gasteiger partial charge in [-0.2, -0.15) is 0 Å². The molecule has 0 bridgehead atoms. The number of rotatable bonds is 7. The number of anilines is 2. The summed E-state index contributed by atoms with van der Waals surface area (Å²) in [6, 6.07) is 15.4. The predicted molar refractivity (Wildman–Crippen MR) is 131 cm³/mol. The van der Waals surface area contributed by atoms with Gasteiger partial charge in [-0.1, -0.05) is 12.1 Å². The summed E-state index contributed by atoms with van der Waals surface area (Å²) in [4.78, 5) is 32.1. The molecule has 0 atom stereocenters. The zero-order valence-electron chi connectivity index (χ0n) is 19.8. The maximum Gasteiger partial charge on any atom is 0.278 e. The van der Waals surface area contributed by atoms with Crippen LogP contribution in [-0.2, 0) is 9.59 Å². The monoisotopic (exact) mass is 448 g/mol. The summed E-state index contributed by atoms with van der Waals surface area (Å²) >= 11 is 0. The molecule has 33 heavy (non-hydrogen) atoms. The summed E-state index contributed by atoms with van der Waals surface area (Å²) < 4.78 is 5.71. The maximum absolute atomic E-state index is 13.1. The SMILES string of the molecule is CCN1C(=O)C(Nc2ccc(N3CCN(C)CC3)cc2)=C(c2ccc(OC(C)C)cc2)C1=O. The van der Waals surface area contributed by atoms with Crippen molar-refractivity contribution in [3.63, 3.8) is 0 Å². The van der Waals surface area contributed by atoms with Crippen LogP contribution in [0.5, 0.6) is 5.75 Å². The number of piperazine rings is 1. The zero-order valence-corrected chi connectivity index (χ0v) is 19.8. The predicted octanol–water partition coefficient (Wildman–Crippen LogP) is 3.44. The molecular formula is C26H32N4O3. The molecule has 2 aromatic carbocycles. The van der Waals surface area contributed by atoms with Crippen molar-refractivity contribution in [2.45, 2.75) is 26.9 Å². The van der Waals surface area contributed by atoms with E-state index in [1.165, 1.54) is 4.90 Å². The number of likely N-dealkylation sites (N-methyl/N-ethyl adjacent to an activating group) is 2. The summed E-state index contributed by atoms with van der Waals surface area (Å²) in [6.07, 6.45) is 0.0615. The molecule has 0 aliphatic carbocycles. The van der Waals surface area contributed by atoms with Gasteiger partial charge in [-0.25, -0.2) is 0 Å². The lowest BCUT2D eigenvalue weighted by Gasteiger charge is -2.34. The van der Waals surface area contributed by atoms with Crippen LogP contribution >= 0.6 is 0 Å². The van der Waals surface area contributed by atoms with Gasteiger partial charge in [0, 0.05) is 44.1 Å². The number of nitrogens with zero attached hydrogens (tertiary/aromatic N) is 3. The molecule has 2 amide bonds. The molecule has 174 valence electrons. The maximum atomic E-state index is 13.1. The first-order chi connectivity index (χ1) is 15.9. The Morgan fingerprint density at radius 3 is 2.12 bits per heavy atom. The van der Waals surface area contributed by atoms with Gasteiger partial charge in [0.2, 0.25) is 0 Å². The van der Waals surface area contributed by atoms with Crippen LogP contribution in [0.2, 0.25) is 0 Å². The topological polar surface area (TPSA) is 65.1 Å². The average Bonchev–Trinajstić information content (AvgIpc) is 3.04. The smallest absolute Gasteiger partial charge is 0.278 e. The van der Waals surface area contributed by atoms with Crippen molar-refractivity contribution in [2.24, 2.45) is 0 Å². The van der Waals surface area contributed by atoms with Crippen molar-refractivity contribution in [1.29, 1.82) is 0 Å². The molecule has 7 nitrogen and oxygen atoms in total. The van der Waals surface area contributed by atoms with E-state index in [-0.39, 0.29) is 17.9 Å². The Hall–Kier alpha value is -3.32. The van der Waals surface area contributed by atoms with Crippen molar-refractivity contribution in [3.8, 4) is 5.75 Å². The van der Waals surface area contributed by atoms with Crippen LogP contribution in [0.3, 0.4) is 0 Å². The van der Waals surface area contributed by atoms with Crippen molar-refractivity contribution in [2.75, 3.05) is 50.0 Å². The van der Waals surface area contributed by atoms with Gasteiger partial charge in [-0.15, -0.1) is 0 Å². The van der Waals surface area contributed by atoms with E-state index in [1.54, 1.807) is 6.92 Å². The molecule has 1 N–H and O–H groups in total. The second-order valence-electron chi connectivity index (χ2n) is 8.76. The molecule has 0 spiro atoms.